The van der Waals surface area contributed by atoms with Crippen LogP contribution in [0.25, 0.3) is 0 Å². The fourth-order valence-corrected chi connectivity index (χ4v) is 15.6. The van der Waals surface area contributed by atoms with Crippen molar-refractivity contribution < 1.29 is 4.74 Å². The zero-order valence-electron chi connectivity index (χ0n) is 20.6. The van der Waals surface area contributed by atoms with Crippen LogP contribution in [-0.4, -0.2) is 67.6 Å². The number of ether oxygens (including phenoxy) is 1. The molecule has 182 valence electrons. The molecule has 0 atom stereocenters. The Labute approximate surface area is 220 Å². The van der Waals surface area contributed by atoms with Crippen LogP contribution in [0.1, 0.15) is 0 Å². The zero-order chi connectivity index (χ0) is 24.1. The summed E-state index contributed by atoms with van der Waals surface area (Å²) in [6.07, 6.45) is 0. The molecule has 0 heterocycles. The Balaban J connectivity index is 1.49. The summed E-state index contributed by atoms with van der Waals surface area (Å²) in [4.78, 5) is 2.67. The minimum absolute atomic E-state index is 0.790. The predicted octanol–water partition coefficient (Wildman–Crippen LogP) is 3.02. The maximum atomic E-state index is 5.51. The second-order valence-electron chi connectivity index (χ2n) is 8.76. The van der Waals surface area contributed by atoms with E-state index in [4.69, 9.17) is 4.74 Å². The number of methoxy groups -OCH3 is 1. The third-order valence-corrected chi connectivity index (χ3v) is 18.1. The van der Waals surface area contributed by atoms with Gasteiger partial charge in [0.2, 0.25) is 0 Å². The van der Waals surface area contributed by atoms with Crippen LogP contribution in [0.3, 0.4) is 0 Å². The van der Waals surface area contributed by atoms with Crippen molar-refractivity contribution >= 4 is 46.7 Å². The number of hydrogen-bond acceptors (Lipinski definition) is 2. The Kier molecular flexibility index (Phi) is 10.7. The van der Waals surface area contributed by atoms with Gasteiger partial charge in [-0.3, -0.25) is 0 Å². The van der Waals surface area contributed by atoms with Crippen LogP contribution in [0.15, 0.2) is 121 Å². The molecule has 0 spiro atoms. The van der Waals surface area contributed by atoms with Gasteiger partial charge >= 0.3 is 221 Å². The van der Waals surface area contributed by atoms with Crippen LogP contribution in [0, 0.1) is 0 Å². The first-order valence-corrected chi connectivity index (χ1v) is 19.7. The Hall–Kier alpha value is -2.08. The SMILES string of the molecule is COCCN(CC[AsH](c1ccccc1)c1ccccc1)CC[AsH](c1ccccc1)c1ccccc1. The third-order valence-electron chi connectivity index (χ3n) is 6.46. The quantitative estimate of drug-likeness (QED) is 0.223. The Morgan fingerprint density at radius 1 is 0.486 bits per heavy atom. The van der Waals surface area contributed by atoms with Gasteiger partial charge in [-0.15, -0.1) is 0 Å². The summed E-state index contributed by atoms with van der Waals surface area (Å²) in [5.41, 5.74) is 0. The van der Waals surface area contributed by atoms with E-state index in [-0.39, 0.29) is 0 Å². The van der Waals surface area contributed by atoms with Gasteiger partial charge < -0.3 is 0 Å². The molecule has 0 N–H and O–H groups in total. The van der Waals surface area contributed by atoms with E-state index < -0.39 is 29.3 Å². The van der Waals surface area contributed by atoms with E-state index in [0.29, 0.717) is 0 Å². The number of nitrogens with zero attached hydrogens (tertiary/aromatic N) is 1. The Morgan fingerprint density at radius 3 is 1.09 bits per heavy atom. The molecule has 0 aromatic heterocycles. The standard InChI is InChI=1S/C31H37As2NO/c1-35-27-26-34(24-22-32(28-14-6-2-7-15-28)29-16-8-3-9-17-29)25-23-33(30-18-10-4-11-19-30)31-20-12-5-13-21-31/h2-21,32-33H,22-27H2,1H3. The molecule has 0 unspecified atom stereocenters. The molecule has 2 radical (unpaired) electrons. The topological polar surface area (TPSA) is 12.5 Å². The molecule has 4 aromatic carbocycles. The second-order valence-corrected chi connectivity index (χ2v) is 19.7. The molecule has 0 aliphatic carbocycles. The van der Waals surface area contributed by atoms with E-state index in [1.54, 1.807) is 17.4 Å². The summed E-state index contributed by atoms with van der Waals surface area (Å²) in [7, 11) is 1.82. The van der Waals surface area contributed by atoms with Gasteiger partial charge in [0.15, 0.2) is 0 Å². The molecule has 0 aliphatic heterocycles. The van der Waals surface area contributed by atoms with Crippen LogP contribution in [0.4, 0.5) is 0 Å². The van der Waals surface area contributed by atoms with Gasteiger partial charge in [-0.2, -0.15) is 0 Å². The molecule has 35 heavy (non-hydrogen) atoms. The van der Waals surface area contributed by atoms with Crippen molar-refractivity contribution in [1.82, 2.24) is 4.90 Å². The molecule has 4 heteroatoms. The van der Waals surface area contributed by atoms with Crippen molar-refractivity contribution in [2.24, 2.45) is 0 Å². The van der Waals surface area contributed by atoms with E-state index in [1.807, 2.05) is 7.11 Å². The molecule has 0 aliphatic rings. The molecule has 4 aromatic rings. The number of hydrogen-bond donors (Lipinski definition) is 0. The minimum atomic E-state index is -1.61. The summed E-state index contributed by atoms with van der Waals surface area (Å²) >= 11 is -3.23. The summed E-state index contributed by atoms with van der Waals surface area (Å²) in [6, 6.07) is 44.9. The van der Waals surface area contributed by atoms with Gasteiger partial charge in [-0.05, 0) is 0 Å². The van der Waals surface area contributed by atoms with Crippen molar-refractivity contribution in [3.8, 4) is 0 Å². The average molecular weight is 589 g/mol. The molecule has 0 saturated heterocycles. The van der Waals surface area contributed by atoms with E-state index in [2.05, 4.69) is 126 Å². The van der Waals surface area contributed by atoms with Crippen LogP contribution in [-0.2, 0) is 4.74 Å². The third kappa shape index (κ3) is 7.96. The first kappa shape index (κ1) is 26.0. The number of benzene rings is 4. The van der Waals surface area contributed by atoms with E-state index >= 15 is 0 Å². The van der Waals surface area contributed by atoms with Gasteiger partial charge in [-0.25, -0.2) is 0 Å². The second kappa shape index (κ2) is 14.5. The van der Waals surface area contributed by atoms with Crippen LogP contribution < -0.4 is 17.4 Å². The van der Waals surface area contributed by atoms with Gasteiger partial charge in [0.05, 0.1) is 0 Å². The molecule has 0 bridgehead atoms. The first-order chi connectivity index (χ1) is 17.3. The van der Waals surface area contributed by atoms with Crippen molar-refractivity contribution in [3.05, 3.63) is 121 Å². The monoisotopic (exact) mass is 589 g/mol. The fraction of sp³-hybridized carbons (Fsp3) is 0.226. The van der Waals surface area contributed by atoms with Gasteiger partial charge in [0.25, 0.3) is 0 Å². The molecule has 0 fully saturated rings. The van der Waals surface area contributed by atoms with E-state index in [9.17, 15) is 0 Å². The van der Waals surface area contributed by atoms with E-state index in [0.717, 1.165) is 26.2 Å². The van der Waals surface area contributed by atoms with Crippen LogP contribution in [0.5, 0.6) is 0 Å². The molecule has 4 rings (SSSR count). The zero-order valence-corrected chi connectivity index (χ0v) is 24.8. The Bertz CT molecular complexity index is 928. The van der Waals surface area contributed by atoms with Crippen molar-refractivity contribution in [1.29, 1.82) is 0 Å². The summed E-state index contributed by atoms with van der Waals surface area (Å²) in [5, 5.41) is 2.54. The van der Waals surface area contributed by atoms with Crippen molar-refractivity contribution in [2.45, 2.75) is 10.4 Å². The summed E-state index contributed by atoms with van der Waals surface area (Å²) in [6.45, 7) is 4.06. The van der Waals surface area contributed by atoms with E-state index in [1.165, 1.54) is 10.4 Å². The summed E-state index contributed by atoms with van der Waals surface area (Å²) < 4.78 is 11.8. The molecular formula is C31H37As2NO. The molecule has 2 nitrogen and oxygen atoms in total. The molecular weight excluding hydrogens is 552 g/mol. The maximum absolute atomic E-state index is 5.51. The predicted molar refractivity (Wildman–Crippen MR) is 157 cm³/mol. The average Bonchev–Trinajstić information content (AvgIpc) is 2.94. The fourth-order valence-electron chi connectivity index (χ4n) is 4.56. The summed E-state index contributed by atoms with van der Waals surface area (Å²) in [5.74, 6) is 0. The van der Waals surface area contributed by atoms with Crippen molar-refractivity contribution in [2.75, 3.05) is 33.4 Å². The Morgan fingerprint density at radius 2 is 0.800 bits per heavy atom. The normalized spacial score (nSPS) is 11.4. The first-order valence-electron chi connectivity index (χ1n) is 12.5. The van der Waals surface area contributed by atoms with Crippen LogP contribution >= 0.6 is 0 Å². The van der Waals surface area contributed by atoms with Gasteiger partial charge in [-0.1, -0.05) is 0 Å². The number of rotatable bonds is 13. The van der Waals surface area contributed by atoms with Crippen molar-refractivity contribution in [3.63, 3.8) is 0 Å². The van der Waals surface area contributed by atoms with Gasteiger partial charge in [0.1, 0.15) is 0 Å². The van der Waals surface area contributed by atoms with Crippen LogP contribution in [0.2, 0.25) is 10.4 Å². The molecule has 0 saturated carbocycles. The molecule has 0 amide bonds. The van der Waals surface area contributed by atoms with Gasteiger partial charge in [0, 0.05) is 0 Å².